The molecule has 2 aromatic rings. The Morgan fingerprint density at radius 3 is 1.95 bits per heavy atom. The van der Waals surface area contributed by atoms with Gasteiger partial charge in [-0.2, -0.15) is 0 Å². The van der Waals surface area contributed by atoms with Gasteiger partial charge in [-0.25, -0.2) is 0 Å². The van der Waals surface area contributed by atoms with Crippen LogP contribution in [0.3, 0.4) is 0 Å². The van der Waals surface area contributed by atoms with Crippen LogP contribution in [0.1, 0.15) is 36.7 Å². The Morgan fingerprint density at radius 2 is 1.45 bits per heavy atom. The fraction of sp³-hybridized carbons (Fsp3) is 0.316. The number of hydrogen-bond donors (Lipinski definition) is 0. The highest BCUT2D eigenvalue weighted by Crippen LogP contribution is 2.24. The molecule has 0 spiro atoms. The summed E-state index contributed by atoms with van der Waals surface area (Å²) in [5, 5.41) is 0. The molecule has 0 saturated carbocycles. The lowest BCUT2D eigenvalue weighted by Crippen LogP contribution is -2.12. The molecule has 2 aromatic carbocycles. The van der Waals surface area contributed by atoms with Gasteiger partial charge in [0.15, 0.2) is 12.4 Å². The van der Waals surface area contributed by atoms with Gasteiger partial charge in [-0.05, 0) is 47.4 Å². The van der Waals surface area contributed by atoms with Crippen LogP contribution in [0.15, 0.2) is 48.5 Å². The molecule has 0 fully saturated rings. The quantitative estimate of drug-likeness (QED) is 0.774. The van der Waals surface area contributed by atoms with Gasteiger partial charge < -0.3 is 9.47 Å². The Bertz CT molecular complexity index is 619. The molecule has 0 atom stereocenters. The number of carbonyl (C=O) groups excluding carboxylic acids is 1. The molecule has 0 aliphatic carbocycles. The van der Waals surface area contributed by atoms with E-state index in [0.29, 0.717) is 11.3 Å². The number of methoxy groups -OCH3 is 1. The van der Waals surface area contributed by atoms with Crippen molar-refractivity contribution in [3.8, 4) is 11.5 Å². The summed E-state index contributed by atoms with van der Waals surface area (Å²) in [6.45, 7) is 6.52. The van der Waals surface area contributed by atoms with Crippen LogP contribution >= 0.6 is 0 Å². The van der Waals surface area contributed by atoms with Gasteiger partial charge in [0.2, 0.25) is 0 Å². The van der Waals surface area contributed by atoms with E-state index in [4.69, 9.17) is 9.47 Å². The van der Waals surface area contributed by atoms with E-state index in [9.17, 15) is 4.79 Å². The molecule has 116 valence electrons. The molecular formula is C19H22O3. The van der Waals surface area contributed by atoms with Crippen LogP contribution in [0.5, 0.6) is 11.5 Å². The van der Waals surface area contributed by atoms with Gasteiger partial charge in [0.05, 0.1) is 7.11 Å². The van der Waals surface area contributed by atoms with Crippen molar-refractivity contribution in [3.05, 3.63) is 59.7 Å². The summed E-state index contributed by atoms with van der Waals surface area (Å²) in [7, 11) is 1.60. The molecule has 3 nitrogen and oxygen atoms in total. The molecule has 22 heavy (non-hydrogen) atoms. The molecule has 0 radical (unpaired) electrons. The maximum Gasteiger partial charge on any atom is 0.200 e. The van der Waals surface area contributed by atoms with Crippen LogP contribution in [-0.2, 0) is 5.41 Å². The summed E-state index contributed by atoms with van der Waals surface area (Å²) in [6.07, 6.45) is 0. The van der Waals surface area contributed by atoms with Gasteiger partial charge in [-0.15, -0.1) is 0 Å². The second-order valence-corrected chi connectivity index (χ2v) is 6.21. The minimum Gasteiger partial charge on any atom is -0.497 e. The fourth-order valence-corrected chi connectivity index (χ4v) is 2.06. The van der Waals surface area contributed by atoms with E-state index in [2.05, 4.69) is 20.8 Å². The molecule has 0 saturated heterocycles. The molecule has 0 heterocycles. The van der Waals surface area contributed by atoms with Crippen molar-refractivity contribution in [2.75, 3.05) is 13.7 Å². The van der Waals surface area contributed by atoms with Gasteiger partial charge in [0, 0.05) is 5.56 Å². The van der Waals surface area contributed by atoms with Crippen molar-refractivity contribution in [3.63, 3.8) is 0 Å². The highest BCUT2D eigenvalue weighted by Gasteiger charge is 2.13. The number of benzene rings is 2. The molecular weight excluding hydrogens is 276 g/mol. The predicted octanol–water partition coefficient (Wildman–Crippen LogP) is 4.25. The average Bonchev–Trinajstić information content (AvgIpc) is 2.52. The molecule has 2 rings (SSSR count). The van der Waals surface area contributed by atoms with Crippen molar-refractivity contribution in [2.45, 2.75) is 26.2 Å². The minimum atomic E-state index is -0.0532. The minimum absolute atomic E-state index is 0.0290. The van der Waals surface area contributed by atoms with Crippen LogP contribution in [0.2, 0.25) is 0 Å². The van der Waals surface area contributed by atoms with Crippen molar-refractivity contribution in [1.82, 2.24) is 0 Å². The molecule has 0 aromatic heterocycles. The Balaban J connectivity index is 1.95. The monoisotopic (exact) mass is 298 g/mol. The highest BCUT2D eigenvalue weighted by atomic mass is 16.5. The fourth-order valence-electron chi connectivity index (χ4n) is 2.06. The largest absolute Gasteiger partial charge is 0.497 e. The second-order valence-electron chi connectivity index (χ2n) is 6.21. The summed E-state index contributed by atoms with van der Waals surface area (Å²) < 4.78 is 10.6. The third-order valence-electron chi connectivity index (χ3n) is 3.50. The van der Waals surface area contributed by atoms with Gasteiger partial charge in [-0.3, -0.25) is 4.79 Å². The highest BCUT2D eigenvalue weighted by molar-refractivity contribution is 5.97. The van der Waals surface area contributed by atoms with Gasteiger partial charge in [-0.1, -0.05) is 32.9 Å². The summed E-state index contributed by atoms with van der Waals surface area (Å²) in [4.78, 5) is 12.1. The van der Waals surface area contributed by atoms with E-state index in [-0.39, 0.29) is 17.8 Å². The number of hydrogen-bond acceptors (Lipinski definition) is 3. The van der Waals surface area contributed by atoms with Crippen LogP contribution in [0.4, 0.5) is 0 Å². The third kappa shape index (κ3) is 4.10. The van der Waals surface area contributed by atoms with E-state index in [0.717, 1.165) is 5.75 Å². The Kier molecular flexibility index (Phi) is 4.86. The lowest BCUT2D eigenvalue weighted by atomic mass is 9.87. The van der Waals surface area contributed by atoms with E-state index >= 15 is 0 Å². The number of carbonyl (C=O) groups is 1. The Hall–Kier alpha value is -2.29. The normalized spacial score (nSPS) is 11.1. The standard InChI is InChI=1S/C19H22O3/c1-19(2,3)15-7-11-17(12-8-15)22-13-18(20)14-5-9-16(21-4)10-6-14/h5-12H,13H2,1-4H3. The summed E-state index contributed by atoms with van der Waals surface area (Å²) in [6, 6.07) is 14.9. The molecule has 0 N–H and O–H groups in total. The lowest BCUT2D eigenvalue weighted by Gasteiger charge is -2.19. The molecule has 0 aliphatic heterocycles. The van der Waals surface area contributed by atoms with E-state index in [1.54, 1.807) is 31.4 Å². The van der Waals surface area contributed by atoms with Crippen LogP contribution < -0.4 is 9.47 Å². The zero-order valence-electron chi connectivity index (χ0n) is 13.6. The zero-order chi connectivity index (χ0) is 16.2. The van der Waals surface area contributed by atoms with Crippen LogP contribution in [0, 0.1) is 0 Å². The molecule has 0 unspecified atom stereocenters. The predicted molar refractivity (Wildman–Crippen MR) is 88.0 cm³/mol. The average molecular weight is 298 g/mol. The van der Waals surface area contributed by atoms with Crippen molar-refractivity contribution >= 4 is 5.78 Å². The number of ether oxygens (including phenoxy) is 2. The second kappa shape index (κ2) is 6.65. The maximum absolute atomic E-state index is 12.1. The van der Waals surface area contributed by atoms with Crippen LogP contribution in [-0.4, -0.2) is 19.5 Å². The summed E-state index contributed by atoms with van der Waals surface area (Å²) in [5.41, 5.74) is 1.96. The SMILES string of the molecule is COc1ccc(C(=O)COc2ccc(C(C)(C)C)cc2)cc1. The lowest BCUT2D eigenvalue weighted by molar-refractivity contribution is 0.0921. The van der Waals surface area contributed by atoms with Gasteiger partial charge in [0.25, 0.3) is 0 Å². The summed E-state index contributed by atoms with van der Waals surface area (Å²) in [5.74, 6) is 1.38. The zero-order valence-corrected chi connectivity index (χ0v) is 13.6. The molecule has 3 heteroatoms. The molecule has 0 amide bonds. The number of rotatable bonds is 5. The first-order valence-corrected chi connectivity index (χ1v) is 7.31. The number of Topliss-reactive ketones (excluding diaryl/α,β-unsaturated/α-hetero) is 1. The van der Waals surface area contributed by atoms with Crippen molar-refractivity contribution < 1.29 is 14.3 Å². The van der Waals surface area contributed by atoms with E-state index in [1.165, 1.54) is 5.56 Å². The first-order valence-electron chi connectivity index (χ1n) is 7.31. The maximum atomic E-state index is 12.1. The van der Waals surface area contributed by atoms with Gasteiger partial charge >= 0.3 is 0 Å². The first-order chi connectivity index (χ1) is 10.4. The Morgan fingerprint density at radius 1 is 0.909 bits per heavy atom. The van der Waals surface area contributed by atoms with Crippen molar-refractivity contribution in [1.29, 1.82) is 0 Å². The third-order valence-corrected chi connectivity index (χ3v) is 3.50. The number of ketones is 1. The topological polar surface area (TPSA) is 35.5 Å². The smallest absolute Gasteiger partial charge is 0.200 e. The molecule has 0 bridgehead atoms. The van der Waals surface area contributed by atoms with Crippen LogP contribution in [0.25, 0.3) is 0 Å². The van der Waals surface area contributed by atoms with Gasteiger partial charge in [0.1, 0.15) is 11.5 Å². The molecule has 0 aliphatic rings. The Labute approximate surface area is 131 Å². The van der Waals surface area contributed by atoms with E-state index < -0.39 is 0 Å². The van der Waals surface area contributed by atoms with E-state index in [1.807, 2.05) is 24.3 Å². The van der Waals surface area contributed by atoms with Crippen molar-refractivity contribution in [2.24, 2.45) is 0 Å². The summed E-state index contributed by atoms with van der Waals surface area (Å²) >= 11 is 0. The first kappa shape index (κ1) is 16.1.